The maximum atomic E-state index is 12.2. The Morgan fingerprint density at radius 3 is 2.68 bits per heavy atom. The van der Waals surface area contributed by atoms with Crippen molar-refractivity contribution in [1.29, 1.82) is 0 Å². The molecule has 0 aliphatic carbocycles. The number of ether oxygens (including phenoxy) is 1. The van der Waals surface area contributed by atoms with Gasteiger partial charge in [0.2, 0.25) is 0 Å². The van der Waals surface area contributed by atoms with Crippen molar-refractivity contribution >= 4 is 29.1 Å². The quantitative estimate of drug-likeness (QED) is 0.351. The maximum absolute atomic E-state index is 12.2. The van der Waals surface area contributed by atoms with E-state index in [1.165, 1.54) is 16.2 Å². The van der Waals surface area contributed by atoms with Gasteiger partial charge in [-0.1, -0.05) is 18.2 Å². The number of rotatable bonds is 7. The second kappa shape index (κ2) is 8.73. The van der Waals surface area contributed by atoms with Gasteiger partial charge in [0.15, 0.2) is 10.8 Å². The fourth-order valence-electron chi connectivity index (χ4n) is 2.09. The number of thioether (sulfide) groups is 1. The van der Waals surface area contributed by atoms with Crippen LogP contribution in [0, 0.1) is 6.92 Å². The van der Waals surface area contributed by atoms with Gasteiger partial charge in [-0.2, -0.15) is 0 Å². The predicted molar refractivity (Wildman–Crippen MR) is 99.9 cm³/mol. The lowest BCUT2D eigenvalue weighted by Crippen LogP contribution is -2.06. The standard InChI is InChI=1S/C18H17N3O2S2/c1-13-15(25-17(21-13)16-19-9-5-10-20-16)18(22)23-11-6-12-24-14-7-3-2-4-8-14/h2-5,7-10H,6,11-12H2,1H3. The Morgan fingerprint density at radius 1 is 1.16 bits per heavy atom. The van der Waals surface area contributed by atoms with Crippen molar-refractivity contribution in [3.63, 3.8) is 0 Å². The molecule has 3 aromatic rings. The second-order valence-corrected chi connectivity index (χ2v) is 7.32. The monoisotopic (exact) mass is 371 g/mol. The molecule has 2 heterocycles. The van der Waals surface area contributed by atoms with E-state index < -0.39 is 0 Å². The highest BCUT2D eigenvalue weighted by Gasteiger charge is 2.18. The minimum atomic E-state index is -0.332. The van der Waals surface area contributed by atoms with Crippen LogP contribution in [0.2, 0.25) is 0 Å². The predicted octanol–water partition coefficient (Wildman–Crippen LogP) is 4.25. The minimum Gasteiger partial charge on any atom is -0.461 e. The van der Waals surface area contributed by atoms with E-state index in [1.807, 2.05) is 18.2 Å². The van der Waals surface area contributed by atoms with Crippen LogP contribution in [0.25, 0.3) is 10.8 Å². The van der Waals surface area contributed by atoms with Crippen LogP contribution < -0.4 is 0 Å². The molecule has 0 atom stereocenters. The van der Waals surface area contributed by atoms with Gasteiger partial charge in [-0.25, -0.2) is 19.7 Å². The van der Waals surface area contributed by atoms with Gasteiger partial charge in [0.05, 0.1) is 12.3 Å². The van der Waals surface area contributed by atoms with Crippen LogP contribution in [0.1, 0.15) is 21.8 Å². The first-order valence-corrected chi connectivity index (χ1v) is 9.64. The molecule has 0 radical (unpaired) electrons. The molecule has 0 unspecified atom stereocenters. The summed E-state index contributed by atoms with van der Waals surface area (Å²) in [7, 11) is 0. The first-order chi connectivity index (χ1) is 12.2. The molecule has 2 aromatic heterocycles. The average molecular weight is 371 g/mol. The third kappa shape index (κ3) is 4.87. The molecule has 1 aromatic carbocycles. The maximum Gasteiger partial charge on any atom is 0.350 e. The summed E-state index contributed by atoms with van der Waals surface area (Å²) in [5, 5.41) is 0.629. The average Bonchev–Trinajstić information content (AvgIpc) is 3.05. The summed E-state index contributed by atoms with van der Waals surface area (Å²) in [4.78, 5) is 26.7. The van der Waals surface area contributed by atoms with E-state index in [0.717, 1.165) is 12.2 Å². The Hall–Kier alpha value is -2.25. The van der Waals surface area contributed by atoms with Crippen molar-refractivity contribution in [2.45, 2.75) is 18.2 Å². The molecule has 0 aliphatic heterocycles. The fraction of sp³-hybridized carbons (Fsp3) is 0.222. The number of hydrogen-bond donors (Lipinski definition) is 0. The Morgan fingerprint density at radius 2 is 1.92 bits per heavy atom. The third-order valence-electron chi connectivity index (χ3n) is 3.27. The summed E-state index contributed by atoms with van der Waals surface area (Å²) >= 11 is 3.02. The van der Waals surface area contributed by atoms with E-state index in [0.29, 0.717) is 28.0 Å². The number of aryl methyl sites for hydroxylation is 1. The number of benzene rings is 1. The summed E-state index contributed by atoms with van der Waals surface area (Å²) < 4.78 is 5.37. The van der Waals surface area contributed by atoms with Gasteiger partial charge < -0.3 is 4.74 Å². The van der Waals surface area contributed by atoms with Gasteiger partial charge in [-0.15, -0.1) is 23.1 Å². The van der Waals surface area contributed by atoms with E-state index in [4.69, 9.17) is 4.74 Å². The molecule has 0 N–H and O–H groups in total. The number of hydrogen-bond acceptors (Lipinski definition) is 7. The molecular formula is C18H17N3O2S2. The number of thiazole rings is 1. The van der Waals surface area contributed by atoms with Crippen LogP contribution in [0.15, 0.2) is 53.7 Å². The molecule has 7 heteroatoms. The molecule has 0 bridgehead atoms. The van der Waals surface area contributed by atoms with Crippen LogP contribution in [-0.2, 0) is 4.74 Å². The van der Waals surface area contributed by atoms with Gasteiger partial charge >= 0.3 is 5.97 Å². The largest absolute Gasteiger partial charge is 0.461 e. The fourth-order valence-corrected chi connectivity index (χ4v) is 3.84. The molecule has 0 fully saturated rings. The van der Waals surface area contributed by atoms with E-state index in [1.54, 1.807) is 37.1 Å². The van der Waals surface area contributed by atoms with E-state index in [2.05, 4.69) is 27.1 Å². The molecule has 3 rings (SSSR count). The van der Waals surface area contributed by atoms with Crippen LogP contribution in [0.5, 0.6) is 0 Å². The van der Waals surface area contributed by atoms with Gasteiger partial charge in [0, 0.05) is 23.0 Å². The molecule has 25 heavy (non-hydrogen) atoms. The topological polar surface area (TPSA) is 65.0 Å². The van der Waals surface area contributed by atoms with Crippen LogP contribution >= 0.6 is 23.1 Å². The number of carbonyl (C=O) groups is 1. The molecule has 128 valence electrons. The summed E-state index contributed by atoms with van der Waals surface area (Å²) in [6, 6.07) is 11.9. The number of carbonyl (C=O) groups excluding carboxylic acids is 1. The smallest absolute Gasteiger partial charge is 0.350 e. The van der Waals surface area contributed by atoms with Crippen molar-refractivity contribution in [3.05, 3.63) is 59.4 Å². The highest BCUT2D eigenvalue weighted by Crippen LogP contribution is 2.26. The molecule has 0 saturated heterocycles. The van der Waals surface area contributed by atoms with Crippen LogP contribution in [0.4, 0.5) is 0 Å². The van der Waals surface area contributed by atoms with Crippen molar-refractivity contribution < 1.29 is 9.53 Å². The Bertz CT molecular complexity index is 823. The summed E-state index contributed by atoms with van der Waals surface area (Å²) in [5.74, 6) is 1.10. The lowest BCUT2D eigenvalue weighted by Gasteiger charge is -2.04. The number of aromatic nitrogens is 3. The van der Waals surface area contributed by atoms with Crippen molar-refractivity contribution in [1.82, 2.24) is 15.0 Å². The van der Waals surface area contributed by atoms with Gasteiger partial charge in [0.25, 0.3) is 0 Å². The highest BCUT2D eigenvalue weighted by molar-refractivity contribution is 7.99. The SMILES string of the molecule is Cc1nc(-c2ncccn2)sc1C(=O)OCCCSc1ccccc1. The first kappa shape index (κ1) is 17.6. The molecule has 0 amide bonds. The van der Waals surface area contributed by atoms with E-state index >= 15 is 0 Å². The third-order valence-corrected chi connectivity index (χ3v) is 5.50. The lowest BCUT2D eigenvalue weighted by atomic mass is 10.4. The highest BCUT2D eigenvalue weighted by atomic mass is 32.2. The lowest BCUT2D eigenvalue weighted by molar-refractivity contribution is 0.0511. The first-order valence-electron chi connectivity index (χ1n) is 7.84. The Balaban J connectivity index is 1.49. The molecule has 5 nitrogen and oxygen atoms in total. The summed E-state index contributed by atoms with van der Waals surface area (Å²) in [5.41, 5.74) is 0.649. The molecule has 0 spiro atoms. The second-order valence-electron chi connectivity index (χ2n) is 5.16. The van der Waals surface area contributed by atoms with E-state index in [9.17, 15) is 4.79 Å². The molecule has 0 aliphatic rings. The molecular weight excluding hydrogens is 354 g/mol. The Labute approximate surface area is 154 Å². The number of nitrogens with zero attached hydrogens (tertiary/aromatic N) is 3. The van der Waals surface area contributed by atoms with Crippen molar-refractivity contribution in [2.24, 2.45) is 0 Å². The zero-order valence-electron chi connectivity index (χ0n) is 13.7. The molecule has 0 saturated carbocycles. The summed E-state index contributed by atoms with van der Waals surface area (Å²) in [6.07, 6.45) is 4.11. The number of esters is 1. The van der Waals surface area contributed by atoms with Gasteiger partial charge in [-0.3, -0.25) is 0 Å². The minimum absolute atomic E-state index is 0.332. The summed E-state index contributed by atoms with van der Waals surface area (Å²) in [6.45, 7) is 2.19. The normalized spacial score (nSPS) is 10.6. The van der Waals surface area contributed by atoms with Gasteiger partial charge in [-0.05, 0) is 31.5 Å². The van der Waals surface area contributed by atoms with Crippen molar-refractivity contribution in [2.75, 3.05) is 12.4 Å². The van der Waals surface area contributed by atoms with Crippen LogP contribution in [0.3, 0.4) is 0 Å². The van der Waals surface area contributed by atoms with E-state index in [-0.39, 0.29) is 5.97 Å². The van der Waals surface area contributed by atoms with Crippen LogP contribution in [-0.4, -0.2) is 33.3 Å². The Kier molecular flexibility index (Phi) is 6.14. The zero-order valence-corrected chi connectivity index (χ0v) is 15.3. The zero-order chi connectivity index (χ0) is 17.5. The van der Waals surface area contributed by atoms with Gasteiger partial charge in [0.1, 0.15) is 4.88 Å². The van der Waals surface area contributed by atoms with Crippen molar-refractivity contribution in [3.8, 4) is 10.8 Å².